The Hall–Kier alpha value is -1.46. The number of amides is 1. The first-order chi connectivity index (χ1) is 14.7. The molecule has 1 aromatic rings. The summed E-state index contributed by atoms with van der Waals surface area (Å²) in [5.74, 6) is 0.682. The van der Waals surface area contributed by atoms with Crippen LogP contribution in [0.2, 0.25) is 0 Å². The molecule has 0 unspecified atom stereocenters. The van der Waals surface area contributed by atoms with Crippen LogP contribution in [0.1, 0.15) is 70.3 Å². The van der Waals surface area contributed by atoms with E-state index in [0.717, 1.165) is 45.6 Å². The highest BCUT2D eigenvalue weighted by molar-refractivity contribution is 5.79. The first-order valence-corrected chi connectivity index (χ1v) is 12.4. The molecule has 5 heteroatoms. The largest absolute Gasteiger partial charge is 0.339 e. The molecule has 0 radical (unpaired) electrons. The molecule has 2 aliphatic heterocycles. The maximum Gasteiger partial charge on any atom is 0.227 e. The van der Waals surface area contributed by atoms with Crippen molar-refractivity contribution in [2.45, 2.75) is 83.3 Å². The van der Waals surface area contributed by atoms with Gasteiger partial charge in [-0.25, -0.2) is 0 Å². The average molecular weight is 413 g/mol. The normalized spacial score (nSPS) is 24.9. The van der Waals surface area contributed by atoms with Gasteiger partial charge in [-0.2, -0.15) is 0 Å². The van der Waals surface area contributed by atoms with Gasteiger partial charge in [0.15, 0.2) is 0 Å². The highest BCUT2D eigenvalue weighted by Gasteiger charge is 2.35. The van der Waals surface area contributed by atoms with Crippen molar-refractivity contribution in [1.82, 2.24) is 19.7 Å². The van der Waals surface area contributed by atoms with Gasteiger partial charge in [0, 0.05) is 44.1 Å². The number of nitrogens with zero attached hydrogens (tertiary/aromatic N) is 4. The van der Waals surface area contributed by atoms with Crippen molar-refractivity contribution in [2.24, 2.45) is 5.92 Å². The summed E-state index contributed by atoms with van der Waals surface area (Å²) in [6.45, 7) is 8.63. The minimum absolute atomic E-state index is 0.222. The van der Waals surface area contributed by atoms with E-state index in [0.29, 0.717) is 18.0 Å². The molecular weight excluding hydrogens is 372 g/mol. The smallest absolute Gasteiger partial charge is 0.227 e. The summed E-state index contributed by atoms with van der Waals surface area (Å²) < 4.78 is 0. The molecule has 0 N–H and O–H groups in total. The molecule has 0 bridgehead atoms. The van der Waals surface area contributed by atoms with Crippen molar-refractivity contribution < 1.29 is 4.79 Å². The number of likely N-dealkylation sites (tertiary alicyclic amines) is 2. The van der Waals surface area contributed by atoms with Crippen LogP contribution in [-0.2, 0) is 11.3 Å². The predicted octanol–water partition coefficient (Wildman–Crippen LogP) is 3.94. The minimum atomic E-state index is 0.222. The molecular formula is C25H40N4O. The van der Waals surface area contributed by atoms with E-state index >= 15 is 0 Å². The van der Waals surface area contributed by atoms with E-state index in [1.807, 2.05) is 18.5 Å². The summed E-state index contributed by atoms with van der Waals surface area (Å²) in [4.78, 5) is 25.2. The lowest BCUT2D eigenvalue weighted by Gasteiger charge is -2.43. The zero-order chi connectivity index (χ0) is 20.8. The average Bonchev–Trinajstić information content (AvgIpc) is 3.33. The van der Waals surface area contributed by atoms with E-state index in [4.69, 9.17) is 0 Å². The number of hydrogen-bond acceptors (Lipinski definition) is 4. The number of carbonyl (C=O) groups is 1. The number of carbonyl (C=O) groups excluding carboxylic acids is 1. The first-order valence-electron chi connectivity index (χ1n) is 12.4. The Balaban J connectivity index is 1.29. The quantitative estimate of drug-likeness (QED) is 0.680. The lowest BCUT2D eigenvalue weighted by atomic mass is 9.92. The molecule has 4 rings (SSSR count). The molecule has 1 aromatic heterocycles. The molecule has 1 amide bonds. The van der Waals surface area contributed by atoms with Crippen LogP contribution in [0.4, 0.5) is 0 Å². The van der Waals surface area contributed by atoms with E-state index in [2.05, 4.69) is 32.7 Å². The van der Waals surface area contributed by atoms with Crippen LogP contribution in [-0.4, -0.2) is 70.4 Å². The summed E-state index contributed by atoms with van der Waals surface area (Å²) in [6.07, 6.45) is 14.7. The standard InChI is InChI=1S/C25H40N4O/c1-2-14-29(24-9-3-4-10-24)25(30)22-8-6-15-28(20-22)23-11-16-27(17-12-23)19-21-7-5-13-26-18-21/h5,7,13,18,22-24H,2-4,6,8-12,14-17,19-20H2,1H3/t22-/m1/s1. The first kappa shape index (κ1) is 21.8. The third kappa shape index (κ3) is 5.42. The number of aromatic nitrogens is 1. The second kappa shape index (κ2) is 10.7. The Bertz CT molecular complexity index is 652. The van der Waals surface area contributed by atoms with Gasteiger partial charge in [0.25, 0.3) is 0 Å². The maximum atomic E-state index is 13.4. The van der Waals surface area contributed by atoms with E-state index in [-0.39, 0.29) is 5.92 Å². The highest BCUT2D eigenvalue weighted by Crippen LogP contribution is 2.29. The van der Waals surface area contributed by atoms with Gasteiger partial charge in [0.1, 0.15) is 0 Å². The van der Waals surface area contributed by atoms with Crippen LogP contribution in [0.5, 0.6) is 0 Å². The van der Waals surface area contributed by atoms with Crippen molar-refractivity contribution in [2.75, 3.05) is 32.7 Å². The predicted molar refractivity (Wildman–Crippen MR) is 121 cm³/mol. The Labute approximate surface area is 182 Å². The second-order valence-corrected chi connectivity index (χ2v) is 9.67. The van der Waals surface area contributed by atoms with E-state index in [1.54, 1.807) is 0 Å². The number of pyridine rings is 1. The molecule has 3 fully saturated rings. The van der Waals surface area contributed by atoms with Crippen molar-refractivity contribution in [3.8, 4) is 0 Å². The molecule has 3 heterocycles. The SMILES string of the molecule is CCCN(C(=O)[C@@H]1CCCN(C2CCN(Cc3cccnc3)CC2)C1)C1CCCC1. The zero-order valence-electron chi connectivity index (χ0n) is 18.8. The number of piperidine rings is 2. The van der Waals surface area contributed by atoms with Crippen molar-refractivity contribution in [3.63, 3.8) is 0 Å². The summed E-state index contributed by atoms with van der Waals surface area (Å²) in [5.41, 5.74) is 1.31. The Morgan fingerprint density at radius 1 is 1.10 bits per heavy atom. The van der Waals surface area contributed by atoms with Crippen LogP contribution in [0.25, 0.3) is 0 Å². The molecule has 1 atom stereocenters. The summed E-state index contributed by atoms with van der Waals surface area (Å²) in [6, 6.07) is 5.37. The molecule has 0 aromatic carbocycles. The second-order valence-electron chi connectivity index (χ2n) is 9.67. The van der Waals surface area contributed by atoms with E-state index < -0.39 is 0 Å². The van der Waals surface area contributed by atoms with Gasteiger partial charge in [0.2, 0.25) is 5.91 Å². The maximum absolute atomic E-state index is 13.4. The van der Waals surface area contributed by atoms with Crippen molar-refractivity contribution in [3.05, 3.63) is 30.1 Å². The van der Waals surface area contributed by atoms with E-state index in [1.165, 1.54) is 57.1 Å². The Kier molecular flexibility index (Phi) is 7.78. The van der Waals surface area contributed by atoms with Crippen LogP contribution >= 0.6 is 0 Å². The van der Waals surface area contributed by atoms with E-state index in [9.17, 15) is 4.79 Å². The monoisotopic (exact) mass is 412 g/mol. The van der Waals surface area contributed by atoms with Gasteiger partial charge in [0.05, 0.1) is 5.92 Å². The lowest BCUT2D eigenvalue weighted by molar-refractivity contribution is -0.140. The number of hydrogen-bond donors (Lipinski definition) is 0. The van der Waals surface area contributed by atoms with Gasteiger partial charge in [-0.1, -0.05) is 25.8 Å². The topological polar surface area (TPSA) is 39.7 Å². The van der Waals surface area contributed by atoms with Crippen LogP contribution in [0, 0.1) is 5.92 Å². The summed E-state index contributed by atoms with van der Waals surface area (Å²) >= 11 is 0. The minimum Gasteiger partial charge on any atom is -0.339 e. The Morgan fingerprint density at radius 2 is 1.90 bits per heavy atom. The fraction of sp³-hybridized carbons (Fsp3) is 0.760. The van der Waals surface area contributed by atoms with Gasteiger partial charge >= 0.3 is 0 Å². The van der Waals surface area contributed by atoms with Crippen molar-refractivity contribution in [1.29, 1.82) is 0 Å². The molecule has 30 heavy (non-hydrogen) atoms. The van der Waals surface area contributed by atoms with Gasteiger partial charge in [-0.3, -0.25) is 19.6 Å². The van der Waals surface area contributed by atoms with Gasteiger partial charge < -0.3 is 4.90 Å². The highest BCUT2D eigenvalue weighted by atomic mass is 16.2. The third-order valence-electron chi connectivity index (χ3n) is 7.52. The number of rotatable bonds is 7. The zero-order valence-corrected chi connectivity index (χ0v) is 18.8. The van der Waals surface area contributed by atoms with Crippen LogP contribution in [0.15, 0.2) is 24.5 Å². The Morgan fingerprint density at radius 3 is 2.60 bits per heavy atom. The summed E-state index contributed by atoms with van der Waals surface area (Å²) in [5, 5.41) is 0. The molecule has 5 nitrogen and oxygen atoms in total. The molecule has 0 spiro atoms. The summed E-state index contributed by atoms with van der Waals surface area (Å²) in [7, 11) is 0. The third-order valence-corrected chi connectivity index (χ3v) is 7.52. The van der Waals surface area contributed by atoms with Gasteiger partial charge in [-0.15, -0.1) is 0 Å². The fourth-order valence-corrected chi connectivity index (χ4v) is 5.90. The van der Waals surface area contributed by atoms with Crippen LogP contribution in [0.3, 0.4) is 0 Å². The lowest BCUT2D eigenvalue weighted by Crippen LogP contribution is -2.52. The van der Waals surface area contributed by atoms with Crippen molar-refractivity contribution >= 4 is 5.91 Å². The fourth-order valence-electron chi connectivity index (χ4n) is 5.90. The van der Waals surface area contributed by atoms with Crippen LogP contribution < -0.4 is 0 Å². The molecule has 166 valence electrons. The molecule has 2 saturated heterocycles. The van der Waals surface area contributed by atoms with Gasteiger partial charge in [-0.05, 0) is 76.2 Å². The molecule has 1 saturated carbocycles. The molecule has 1 aliphatic carbocycles. The molecule has 3 aliphatic rings.